The third-order valence-electron chi connectivity index (χ3n) is 3.17. The molecular weight excluding hydrogens is 332 g/mol. The maximum Gasteiger partial charge on any atom is 0.264 e. The van der Waals surface area contributed by atoms with E-state index in [0.29, 0.717) is 20.8 Å². The van der Waals surface area contributed by atoms with Crippen molar-refractivity contribution < 1.29 is 9.90 Å². The Balaban J connectivity index is 1.86. The summed E-state index contributed by atoms with van der Waals surface area (Å²) >= 11 is 7.08. The Kier molecular flexibility index (Phi) is 4.41. The number of halogens is 1. The van der Waals surface area contributed by atoms with Gasteiger partial charge in [-0.05, 0) is 60.2 Å². The highest BCUT2D eigenvalue weighted by Crippen LogP contribution is 2.32. The van der Waals surface area contributed by atoms with Gasteiger partial charge in [-0.1, -0.05) is 29.8 Å². The van der Waals surface area contributed by atoms with Crippen molar-refractivity contribution in [1.82, 2.24) is 5.32 Å². The molecule has 1 fully saturated rings. The molecule has 0 bridgehead atoms. The summed E-state index contributed by atoms with van der Waals surface area (Å²) in [6.07, 6.45) is 1.77. The lowest BCUT2D eigenvalue weighted by Gasteiger charge is -2.01. The number of phenolic OH excluding ortho intramolecular Hbond substituents is 1. The standard InChI is InChI=1S/C17H13ClN2O2S/c1-10-2-7-14(21)13(8-10)19-17-20-16(22)15(23-17)9-11-3-5-12(18)6-4-11/h2-9,21H,1H3,(H,19,20,22)/b15-9-. The van der Waals surface area contributed by atoms with Crippen LogP contribution in [0.3, 0.4) is 0 Å². The van der Waals surface area contributed by atoms with Gasteiger partial charge >= 0.3 is 0 Å². The van der Waals surface area contributed by atoms with Crippen LogP contribution >= 0.6 is 23.4 Å². The molecule has 0 aromatic heterocycles. The van der Waals surface area contributed by atoms with Gasteiger partial charge in [0.05, 0.1) is 4.91 Å². The molecule has 6 heteroatoms. The molecule has 1 aliphatic heterocycles. The van der Waals surface area contributed by atoms with Crippen molar-refractivity contribution in [3.8, 4) is 5.75 Å². The van der Waals surface area contributed by atoms with Crippen LogP contribution in [0.25, 0.3) is 6.08 Å². The summed E-state index contributed by atoms with van der Waals surface area (Å²) < 4.78 is 0. The molecule has 1 saturated heterocycles. The van der Waals surface area contributed by atoms with Crippen LogP contribution in [0.4, 0.5) is 5.69 Å². The molecule has 3 rings (SSSR count). The van der Waals surface area contributed by atoms with E-state index in [1.54, 1.807) is 36.4 Å². The van der Waals surface area contributed by atoms with E-state index in [1.807, 2.05) is 19.1 Å². The second-order valence-corrected chi connectivity index (χ2v) is 6.49. The normalized spacial score (nSPS) is 17.7. The molecule has 2 aromatic carbocycles. The lowest BCUT2D eigenvalue weighted by atomic mass is 10.2. The van der Waals surface area contributed by atoms with Crippen molar-refractivity contribution in [2.45, 2.75) is 6.92 Å². The Morgan fingerprint density at radius 3 is 2.70 bits per heavy atom. The minimum Gasteiger partial charge on any atom is -0.506 e. The number of aryl methyl sites for hydroxylation is 1. The number of hydrogen-bond donors (Lipinski definition) is 2. The van der Waals surface area contributed by atoms with Gasteiger partial charge in [0.25, 0.3) is 5.91 Å². The zero-order valence-electron chi connectivity index (χ0n) is 12.2. The number of thioether (sulfide) groups is 1. The van der Waals surface area contributed by atoms with Crippen LogP contribution in [0, 0.1) is 6.92 Å². The fourth-order valence-corrected chi connectivity index (χ4v) is 2.98. The van der Waals surface area contributed by atoms with Crippen molar-refractivity contribution in [3.63, 3.8) is 0 Å². The first-order valence-corrected chi connectivity index (χ1v) is 8.05. The van der Waals surface area contributed by atoms with Crippen LogP contribution in [0.1, 0.15) is 11.1 Å². The number of amidine groups is 1. The highest BCUT2D eigenvalue weighted by molar-refractivity contribution is 8.18. The van der Waals surface area contributed by atoms with Gasteiger partial charge in [0.1, 0.15) is 11.4 Å². The molecule has 0 aliphatic carbocycles. The van der Waals surface area contributed by atoms with Crippen LogP contribution in [0.15, 0.2) is 52.4 Å². The van der Waals surface area contributed by atoms with E-state index >= 15 is 0 Å². The molecular formula is C17H13ClN2O2S. The minimum atomic E-state index is -0.212. The number of aromatic hydroxyl groups is 1. The monoisotopic (exact) mass is 344 g/mol. The average Bonchev–Trinajstić information content (AvgIpc) is 2.85. The molecule has 0 atom stereocenters. The first-order valence-electron chi connectivity index (χ1n) is 6.86. The molecule has 2 N–H and O–H groups in total. The Morgan fingerprint density at radius 1 is 1.22 bits per heavy atom. The quantitative estimate of drug-likeness (QED) is 0.801. The number of carbonyl (C=O) groups is 1. The average molecular weight is 345 g/mol. The number of rotatable bonds is 2. The van der Waals surface area contributed by atoms with E-state index in [4.69, 9.17) is 11.6 Å². The van der Waals surface area contributed by atoms with E-state index in [0.717, 1.165) is 11.1 Å². The molecule has 0 radical (unpaired) electrons. The largest absolute Gasteiger partial charge is 0.506 e. The lowest BCUT2D eigenvalue weighted by molar-refractivity contribution is -0.115. The minimum absolute atomic E-state index is 0.0769. The molecule has 2 aromatic rings. The first-order chi connectivity index (χ1) is 11.0. The first kappa shape index (κ1) is 15.6. The fourth-order valence-electron chi connectivity index (χ4n) is 2.02. The number of nitrogens with one attached hydrogen (secondary N) is 1. The molecule has 0 saturated carbocycles. The van der Waals surface area contributed by atoms with Gasteiger partial charge in [-0.25, -0.2) is 4.99 Å². The number of phenols is 1. The summed E-state index contributed by atoms with van der Waals surface area (Å²) in [6.45, 7) is 1.91. The van der Waals surface area contributed by atoms with E-state index in [2.05, 4.69) is 10.3 Å². The van der Waals surface area contributed by atoms with Crippen molar-refractivity contribution >= 4 is 46.2 Å². The van der Waals surface area contributed by atoms with E-state index in [9.17, 15) is 9.90 Å². The third kappa shape index (κ3) is 3.75. The number of carbonyl (C=O) groups excluding carboxylic acids is 1. The summed E-state index contributed by atoms with van der Waals surface area (Å²) in [5.41, 5.74) is 2.29. The van der Waals surface area contributed by atoms with Crippen molar-refractivity contribution in [1.29, 1.82) is 0 Å². The lowest BCUT2D eigenvalue weighted by Crippen LogP contribution is -2.19. The molecule has 1 amide bonds. The third-order valence-corrected chi connectivity index (χ3v) is 4.33. The van der Waals surface area contributed by atoms with Gasteiger partial charge in [-0.15, -0.1) is 0 Å². The zero-order valence-corrected chi connectivity index (χ0v) is 13.8. The number of amides is 1. The Morgan fingerprint density at radius 2 is 1.96 bits per heavy atom. The zero-order chi connectivity index (χ0) is 16.4. The van der Waals surface area contributed by atoms with E-state index in [-0.39, 0.29) is 11.7 Å². The fraction of sp³-hybridized carbons (Fsp3) is 0.0588. The van der Waals surface area contributed by atoms with Crippen LogP contribution in [0.5, 0.6) is 5.75 Å². The molecule has 4 nitrogen and oxygen atoms in total. The maximum absolute atomic E-state index is 12.0. The van der Waals surface area contributed by atoms with Crippen LogP contribution < -0.4 is 5.32 Å². The summed E-state index contributed by atoms with van der Waals surface area (Å²) in [7, 11) is 0. The second kappa shape index (κ2) is 6.48. The number of benzene rings is 2. The Hall–Kier alpha value is -2.24. The topological polar surface area (TPSA) is 61.7 Å². The molecule has 0 spiro atoms. The summed E-state index contributed by atoms with van der Waals surface area (Å²) in [6, 6.07) is 12.4. The highest BCUT2D eigenvalue weighted by Gasteiger charge is 2.24. The Bertz CT molecular complexity index is 829. The predicted octanol–water partition coefficient (Wildman–Crippen LogP) is 4.25. The predicted molar refractivity (Wildman–Crippen MR) is 95.1 cm³/mol. The van der Waals surface area contributed by atoms with Gasteiger partial charge in [-0.3, -0.25) is 4.79 Å². The van der Waals surface area contributed by atoms with Crippen LogP contribution in [-0.4, -0.2) is 16.2 Å². The molecule has 116 valence electrons. The summed E-state index contributed by atoms with van der Waals surface area (Å²) in [5.74, 6) is -0.135. The Labute approximate surface area is 142 Å². The molecule has 1 aliphatic rings. The van der Waals surface area contributed by atoms with Crippen molar-refractivity contribution in [2.75, 3.05) is 0 Å². The molecule has 0 unspecified atom stereocenters. The van der Waals surface area contributed by atoms with Crippen molar-refractivity contribution in [2.24, 2.45) is 4.99 Å². The summed E-state index contributed by atoms with van der Waals surface area (Å²) in [4.78, 5) is 16.9. The smallest absolute Gasteiger partial charge is 0.264 e. The summed E-state index contributed by atoms with van der Waals surface area (Å²) in [5, 5.41) is 13.6. The van der Waals surface area contributed by atoms with Crippen LogP contribution in [-0.2, 0) is 4.79 Å². The molecule has 23 heavy (non-hydrogen) atoms. The van der Waals surface area contributed by atoms with Gasteiger partial charge in [0, 0.05) is 5.02 Å². The number of hydrogen-bond acceptors (Lipinski definition) is 4. The van der Waals surface area contributed by atoms with Crippen molar-refractivity contribution in [3.05, 3.63) is 63.5 Å². The van der Waals surface area contributed by atoms with Crippen LogP contribution in [0.2, 0.25) is 5.02 Å². The second-order valence-electron chi connectivity index (χ2n) is 5.03. The van der Waals surface area contributed by atoms with Gasteiger partial charge in [-0.2, -0.15) is 0 Å². The highest BCUT2D eigenvalue weighted by atomic mass is 35.5. The number of nitrogens with zero attached hydrogens (tertiary/aromatic N) is 1. The van der Waals surface area contributed by atoms with Gasteiger partial charge in [0.15, 0.2) is 5.17 Å². The van der Waals surface area contributed by atoms with E-state index < -0.39 is 0 Å². The maximum atomic E-state index is 12.0. The van der Waals surface area contributed by atoms with Gasteiger partial charge in [0.2, 0.25) is 0 Å². The SMILES string of the molecule is Cc1ccc(O)c(N=C2NC(=O)/C(=C/c3ccc(Cl)cc3)S2)c1. The van der Waals surface area contributed by atoms with Gasteiger partial charge < -0.3 is 10.4 Å². The number of aliphatic imine (C=N–C) groups is 1. The molecule has 1 heterocycles. The van der Waals surface area contributed by atoms with E-state index in [1.165, 1.54) is 11.8 Å².